The van der Waals surface area contributed by atoms with Crippen molar-refractivity contribution in [3.63, 3.8) is 0 Å². The molecule has 1 aromatic carbocycles. The highest BCUT2D eigenvalue weighted by Gasteiger charge is 2.36. The fourth-order valence-corrected chi connectivity index (χ4v) is 2.33. The fraction of sp³-hybridized carbons (Fsp3) is 0.538. The zero-order valence-electron chi connectivity index (χ0n) is 11.0. The largest absolute Gasteiger partial charge is 0.493 e. The van der Waals surface area contributed by atoms with E-state index in [2.05, 4.69) is 35.8 Å². The van der Waals surface area contributed by atoms with Gasteiger partial charge in [0.25, 0.3) is 0 Å². The maximum Gasteiger partial charge on any atom is 0.493 e. The lowest BCUT2D eigenvalue weighted by Gasteiger charge is -2.35. The molecule has 0 amide bonds. The summed E-state index contributed by atoms with van der Waals surface area (Å²) in [6.07, 6.45) is 0. The van der Waals surface area contributed by atoms with E-state index >= 15 is 0 Å². The molecule has 0 unspecified atom stereocenters. The lowest BCUT2D eigenvalue weighted by molar-refractivity contribution is -0.0276. The van der Waals surface area contributed by atoms with Crippen LogP contribution in [0.3, 0.4) is 0 Å². The quantitative estimate of drug-likeness (QED) is 0.801. The molecule has 1 fully saturated rings. The van der Waals surface area contributed by atoms with Gasteiger partial charge in [-0.2, -0.15) is 0 Å². The molecule has 18 heavy (non-hydrogen) atoms. The van der Waals surface area contributed by atoms with Crippen LogP contribution in [0.15, 0.2) is 22.7 Å². The van der Waals surface area contributed by atoms with Gasteiger partial charge in [0.15, 0.2) is 0 Å². The molecule has 1 aliphatic heterocycles. The zero-order valence-corrected chi connectivity index (χ0v) is 12.6. The molecule has 0 N–H and O–H groups in total. The van der Waals surface area contributed by atoms with Crippen molar-refractivity contribution in [2.24, 2.45) is 5.41 Å². The first-order valence-electron chi connectivity index (χ1n) is 6.02. The van der Waals surface area contributed by atoms with Gasteiger partial charge in [0.1, 0.15) is 0 Å². The first-order valence-corrected chi connectivity index (χ1v) is 6.82. The molecule has 0 bridgehead atoms. The van der Waals surface area contributed by atoms with Crippen molar-refractivity contribution in [3.05, 3.63) is 28.2 Å². The van der Waals surface area contributed by atoms with E-state index in [1.54, 1.807) is 7.11 Å². The third-order valence-electron chi connectivity index (χ3n) is 3.11. The molecule has 98 valence electrons. The molecule has 1 aliphatic rings. The number of ether oxygens (including phenoxy) is 1. The molecule has 1 saturated heterocycles. The predicted molar refractivity (Wildman–Crippen MR) is 76.2 cm³/mol. The smallest absolute Gasteiger partial charge is 0.407 e. The molecule has 2 rings (SSSR count). The molecule has 1 heterocycles. The first-order chi connectivity index (χ1) is 8.54. The summed E-state index contributed by atoms with van der Waals surface area (Å²) >= 11 is 3.49. The van der Waals surface area contributed by atoms with Crippen LogP contribution in [-0.2, 0) is 14.0 Å². The molecule has 0 spiro atoms. The Labute approximate surface area is 117 Å². The van der Waals surface area contributed by atoms with Crippen molar-refractivity contribution in [1.29, 1.82) is 0 Å². The van der Waals surface area contributed by atoms with Crippen molar-refractivity contribution in [3.8, 4) is 0 Å². The highest BCUT2D eigenvalue weighted by Crippen LogP contribution is 2.23. The van der Waals surface area contributed by atoms with Gasteiger partial charge < -0.3 is 14.0 Å². The molecule has 1 aromatic rings. The summed E-state index contributed by atoms with van der Waals surface area (Å²) in [6, 6.07) is 6.15. The van der Waals surface area contributed by atoms with Crippen molar-refractivity contribution in [1.82, 2.24) is 0 Å². The van der Waals surface area contributed by atoms with Crippen LogP contribution in [0.2, 0.25) is 0 Å². The summed E-state index contributed by atoms with van der Waals surface area (Å²) in [5, 5.41) is 0. The Morgan fingerprint density at radius 3 is 2.61 bits per heavy atom. The minimum Gasteiger partial charge on any atom is -0.407 e. The maximum absolute atomic E-state index is 5.81. The van der Waals surface area contributed by atoms with Gasteiger partial charge in [-0.3, -0.25) is 0 Å². The second kappa shape index (κ2) is 5.74. The van der Waals surface area contributed by atoms with Crippen molar-refractivity contribution in [2.45, 2.75) is 13.8 Å². The highest BCUT2D eigenvalue weighted by molar-refractivity contribution is 9.10. The van der Waals surface area contributed by atoms with Gasteiger partial charge in [0, 0.05) is 30.2 Å². The molecule has 5 heteroatoms. The lowest BCUT2D eigenvalue weighted by Crippen LogP contribution is -2.50. The van der Waals surface area contributed by atoms with Gasteiger partial charge in [-0.05, 0) is 24.0 Å². The normalized spacial score (nSPS) is 19.0. The Hall–Kier alpha value is -0.355. The maximum atomic E-state index is 5.81. The van der Waals surface area contributed by atoms with Gasteiger partial charge in [-0.15, -0.1) is 0 Å². The third-order valence-corrected chi connectivity index (χ3v) is 4.00. The standard InChI is InChI=1S/C13H18BBrO3/c1-10-6-11(4-5-12(10)15)14-17-8-13(2,7-16-3)9-18-14/h4-6H,7-9H2,1-3H3. The molecule has 0 atom stereocenters. The summed E-state index contributed by atoms with van der Waals surface area (Å²) in [6.45, 7) is 6.13. The number of aryl methyl sites for hydroxylation is 1. The first kappa shape index (κ1) is 14.1. The Morgan fingerprint density at radius 2 is 2.06 bits per heavy atom. The van der Waals surface area contributed by atoms with E-state index < -0.39 is 0 Å². The SMILES string of the molecule is COCC1(C)COB(c2ccc(Br)c(C)c2)OC1. The fourth-order valence-electron chi connectivity index (χ4n) is 2.08. The number of halogens is 1. The van der Waals surface area contributed by atoms with E-state index in [0.717, 1.165) is 9.94 Å². The van der Waals surface area contributed by atoms with Crippen LogP contribution in [0.5, 0.6) is 0 Å². The van der Waals surface area contributed by atoms with Crippen LogP contribution < -0.4 is 5.46 Å². The van der Waals surface area contributed by atoms with E-state index in [1.807, 2.05) is 12.1 Å². The number of methoxy groups -OCH3 is 1. The number of benzene rings is 1. The van der Waals surface area contributed by atoms with Crippen LogP contribution in [0, 0.1) is 12.3 Å². The summed E-state index contributed by atoms with van der Waals surface area (Å²) in [5.74, 6) is 0. The average Bonchev–Trinajstić information content (AvgIpc) is 2.34. The van der Waals surface area contributed by atoms with Gasteiger partial charge in [-0.1, -0.05) is 35.0 Å². The summed E-state index contributed by atoms with van der Waals surface area (Å²) < 4.78 is 17.9. The number of hydrogen-bond acceptors (Lipinski definition) is 3. The molecule has 0 radical (unpaired) electrons. The van der Waals surface area contributed by atoms with Crippen molar-refractivity contribution < 1.29 is 14.0 Å². The van der Waals surface area contributed by atoms with E-state index in [4.69, 9.17) is 14.0 Å². The minimum absolute atomic E-state index is 0.0460. The van der Waals surface area contributed by atoms with Gasteiger partial charge in [-0.25, -0.2) is 0 Å². The Morgan fingerprint density at radius 1 is 1.39 bits per heavy atom. The Bertz CT molecular complexity index is 417. The number of rotatable bonds is 3. The predicted octanol–water partition coefficient (Wildman–Crippen LogP) is 2.15. The van der Waals surface area contributed by atoms with Crippen LogP contribution >= 0.6 is 15.9 Å². The second-order valence-electron chi connectivity index (χ2n) is 5.21. The van der Waals surface area contributed by atoms with E-state index in [0.29, 0.717) is 19.8 Å². The third kappa shape index (κ3) is 3.15. The summed E-state index contributed by atoms with van der Waals surface area (Å²) in [5.41, 5.74) is 2.20. The second-order valence-corrected chi connectivity index (χ2v) is 6.06. The van der Waals surface area contributed by atoms with E-state index in [-0.39, 0.29) is 12.5 Å². The average molecular weight is 313 g/mol. The van der Waals surface area contributed by atoms with E-state index in [1.165, 1.54) is 5.56 Å². The Balaban J connectivity index is 2.03. The highest BCUT2D eigenvalue weighted by atomic mass is 79.9. The van der Waals surface area contributed by atoms with Gasteiger partial charge in [0.2, 0.25) is 0 Å². The Kier molecular flexibility index (Phi) is 4.48. The molecular weight excluding hydrogens is 295 g/mol. The van der Waals surface area contributed by atoms with Crippen LogP contribution in [0.1, 0.15) is 12.5 Å². The van der Waals surface area contributed by atoms with E-state index in [9.17, 15) is 0 Å². The molecule has 0 saturated carbocycles. The van der Waals surface area contributed by atoms with Crippen LogP contribution in [-0.4, -0.2) is 34.0 Å². The molecular formula is C13H18BBrO3. The van der Waals surface area contributed by atoms with Gasteiger partial charge >= 0.3 is 7.12 Å². The summed E-state index contributed by atoms with van der Waals surface area (Å²) in [4.78, 5) is 0. The van der Waals surface area contributed by atoms with Crippen molar-refractivity contribution in [2.75, 3.05) is 26.9 Å². The molecule has 3 nitrogen and oxygen atoms in total. The minimum atomic E-state index is -0.262. The summed E-state index contributed by atoms with van der Waals surface area (Å²) in [7, 11) is 1.44. The lowest BCUT2D eigenvalue weighted by atomic mass is 9.75. The topological polar surface area (TPSA) is 27.7 Å². The van der Waals surface area contributed by atoms with Gasteiger partial charge in [0.05, 0.1) is 6.61 Å². The van der Waals surface area contributed by atoms with Crippen molar-refractivity contribution >= 4 is 28.5 Å². The monoisotopic (exact) mass is 312 g/mol. The molecule has 0 aliphatic carbocycles. The number of hydrogen-bond donors (Lipinski definition) is 0. The van der Waals surface area contributed by atoms with Crippen LogP contribution in [0.4, 0.5) is 0 Å². The molecule has 0 aromatic heterocycles. The van der Waals surface area contributed by atoms with Crippen LogP contribution in [0.25, 0.3) is 0 Å². The zero-order chi connectivity index (χ0) is 13.2.